The molecule has 0 spiro atoms. The Kier molecular flexibility index (Phi) is 5.75. The molecule has 31 heavy (non-hydrogen) atoms. The van der Waals surface area contributed by atoms with Crippen LogP contribution in [-0.4, -0.2) is 18.4 Å². The fourth-order valence-corrected chi connectivity index (χ4v) is 3.93. The molecule has 3 aromatic rings. The number of nitriles is 1. The first-order valence-electron chi connectivity index (χ1n) is 9.97. The third-order valence-electron chi connectivity index (χ3n) is 5.44. The highest BCUT2D eigenvalue weighted by atomic mass is 35.5. The van der Waals surface area contributed by atoms with Gasteiger partial charge in [0, 0.05) is 28.4 Å². The summed E-state index contributed by atoms with van der Waals surface area (Å²) in [4.78, 5) is 27.2. The zero-order chi connectivity index (χ0) is 22.0. The van der Waals surface area contributed by atoms with Crippen LogP contribution in [0.2, 0.25) is 5.02 Å². The van der Waals surface area contributed by atoms with Crippen molar-refractivity contribution in [1.82, 2.24) is 5.32 Å². The number of anilines is 1. The van der Waals surface area contributed by atoms with Gasteiger partial charge >= 0.3 is 0 Å². The lowest BCUT2D eigenvalue weighted by Crippen LogP contribution is -2.29. The van der Waals surface area contributed by atoms with E-state index >= 15 is 0 Å². The smallest absolute Gasteiger partial charge is 0.258 e. The maximum absolute atomic E-state index is 12.9. The van der Waals surface area contributed by atoms with Gasteiger partial charge in [-0.25, -0.2) is 0 Å². The summed E-state index contributed by atoms with van der Waals surface area (Å²) in [6.45, 7) is 2.53. The summed E-state index contributed by atoms with van der Waals surface area (Å²) in [5.41, 5.74) is 4.52. The Balaban J connectivity index is 1.49. The molecular weight excluding hydrogens is 410 g/mol. The van der Waals surface area contributed by atoms with Gasteiger partial charge in [0.05, 0.1) is 17.7 Å². The molecule has 1 aliphatic heterocycles. The fraction of sp³-hybridized carbons (Fsp3) is 0.160. The largest absolute Gasteiger partial charge is 0.346 e. The lowest BCUT2D eigenvalue weighted by Gasteiger charge is -2.19. The van der Waals surface area contributed by atoms with E-state index in [1.54, 1.807) is 53.4 Å². The molecule has 0 aliphatic carbocycles. The number of halogens is 1. The molecule has 154 valence electrons. The van der Waals surface area contributed by atoms with Crippen molar-refractivity contribution in [3.63, 3.8) is 0 Å². The van der Waals surface area contributed by atoms with Crippen molar-refractivity contribution in [3.8, 4) is 6.07 Å². The molecule has 0 radical (unpaired) electrons. The average molecular weight is 430 g/mol. The van der Waals surface area contributed by atoms with E-state index in [1.807, 2.05) is 31.2 Å². The van der Waals surface area contributed by atoms with E-state index in [-0.39, 0.29) is 17.9 Å². The predicted octanol–water partition coefficient (Wildman–Crippen LogP) is 4.91. The van der Waals surface area contributed by atoms with Crippen molar-refractivity contribution in [1.29, 1.82) is 5.26 Å². The summed E-state index contributed by atoms with van der Waals surface area (Å²) >= 11 is 6.03. The summed E-state index contributed by atoms with van der Waals surface area (Å²) in [5.74, 6) is -0.272. The molecule has 5 nitrogen and oxygen atoms in total. The van der Waals surface area contributed by atoms with Gasteiger partial charge in [0.2, 0.25) is 0 Å². The van der Waals surface area contributed by atoms with Crippen LogP contribution in [0.1, 0.15) is 50.4 Å². The molecule has 0 saturated heterocycles. The number of amides is 2. The molecule has 1 atom stereocenters. The third-order valence-corrected chi connectivity index (χ3v) is 5.67. The first kappa shape index (κ1) is 20.6. The second-order valence-electron chi connectivity index (χ2n) is 7.49. The van der Waals surface area contributed by atoms with Crippen molar-refractivity contribution < 1.29 is 9.59 Å². The van der Waals surface area contributed by atoms with E-state index in [2.05, 4.69) is 5.32 Å². The lowest BCUT2D eigenvalue weighted by atomic mass is 10.0. The number of fused-ring (bicyclic) bond motifs is 1. The van der Waals surface area contributed by atoms with Crippen molar-refractivity contribution in [3.05, 3.63) is 99.6 Å². The van der Waals surface area contributed by atoms with Crippen LogP contribution in [0, 0.1) is 11.3 Å². The van der Waals surface area contributed by atoms with Gasteiger partial charge in [-0.2, -0.15) is 5.26 Å². The summed E-state index contributed by atoms with van der Waals surface area (Å²) in [7, 11) is 0. The van der Waals surface area contributed by atoms with Crippen LogP contribution < -0.4 is 10.2 Å². The number of carbonyl (C=O) groups is 2. The normalized spacial score (nSPS) is 13.3. The van der Waals surface area contributed by atoms with Gasteiger partial charge in [0.15, 0.2) is 0 Å². The molecule has 6 heteroatoms. The highest BCUT2D eigenvalue weighted by Gasteiger charge is 2.26. The molecule has 2 amide bonds. The molecule has 0 fully saturated rings. The highest BCUT2D eigenvalue weighted by molar-refractivity contribution is 6.31. The first-order valence-corrected chi connectivity index (χ1v) is 10.4. The van der Waals surface area contributed by atoms with Crippen LogP contribution >= 0.6 is 11.6 Å². The van der Waals surface area contributed by atoms with Crippen LogP contribution in [0.15, 0.2) is 66.7 Å². The molecule has 0 unspecified atom stereocenters. The van der Waals surface area contributed by atoms with E-state index in [0.29, 0.717) is 28.3 Å². The maximum Gasteiger partial charge on any atom is 0.258 e. The Morgan fingerprint density at radius 1 is 1.06 bits per heavy atom. The minimum Gasteiger partial charge on any atom is -0.346 e. The lowest BCUT2D eigenvalue weighted by molar-refractivity contribution is 0.0938. The number of carbonyl (C=O) groups excluding carboxylic acids is 2. The number of hydrogen-bond acceptors (Lipinski definition) is 3. The molecule has 1 N–H and O–H groups in total. The molecular formula is C25H20ClN3O2. The monoisotopic (exact) mass is 429 g/mol. The standard InChI is InChI=1S/C25H20ClN3O2/c1-16(28-24(30)18-7-5-17(15-27)6-8-18)19-9-10-23-20(13-19)11-12-29(23)25(31)21-3-2-4-22(26)14-21/h2-10,13-14,16H,11-12H2,1H3,(H,28,30)/t16-/m1/s1. The van der Waals surface area contributed by atoms with E-state index in [0.717, 1.165) is 23.2 Å². The van der Waals surface area contributed by atoms with Crippen LogP contribution in [0.3, 0.4) is 0 Å². The highest BCUT2D eigenvalue weighted by Crippen LogP contribution is 2.32. The number of hydrogen-bond donors (Lipinski definition) is 1. The number of nitrogens with zero attached hydrogens (tertiary/aromatic N) is 2. The fourth-order valence-electron chi connectivity index (χ4n) is 3.74. The Morgan fingerprint density at radius 2 is 1.84 bits per heavy atom. The molecule has 4 rings (SSSR count). The minimum absolute atomic E-state index is 0.0730. The van der Waals surface area contributed by atoms with Crippen molar-refractivity contribution in [2.75, 3.05) is 11.4 Å². The second-order valence-corrected chi connectivity index (χ2v) is 7.93. The quantitative estimate of drug-likeness (QED) is 0.640. The second kappa shape index (κ2) is 8.63. The Bertz CT molecular complexity index is 1200. The van der Waals surface area contributed by atoms with Crippen LogP contribution in [0.5, 0.6) is 0 Å². The summed E-state index contributed by atoms with van der Waals surface area (Å²) in [6.07, 6.45) is 0.756. The maximum atomic E-state index is 12.9. The van der Waals surface area contributed by atoms with Crippen LogP contribution in [-0.2, 0) is 6.42 Å². The topological polar surface area (TPSA) is 73.2 Å². The van der Waals surface area contributed by atoms with E-state index in [1.165, 1.54) is 0 Å². The van der Waals surface area contributed by atoms with Crippen molar-refractivity contribution in [2.24, 2.45) is 0 Å². The van der Waals surface area contributed by atoms with Gasteiger partial charge in [-0.3, -0.25) is 9.59 Å². The number of benzene rings is 3. The summed E-state index contributed by atoms with van der Waals surface area (Å²) in [5, 5.41) is 12.4. The minimum atomic E-state index is -0.203. The van der Waals surface area contributed by atoms with E-state index in [4.69, 9.17) is 16.9 Å². The van der Waals surface area contributed by atoms with Crippen molar-refractivity contribution >= 4 is 29.1 Å². The zero-order valence-corrected chi connectivity index (χ0v) is 17.7. The predicted molar refractivity (Wildman–Crippen MR) is 120 cm³/mol. The average Bonchev–Trinajstić information content (AvgIpc) is 3.21. The summed E-state index contributed by atoms with van der Waals surface area (Å²) < 4.78 is 0. The molecule has 0 aromatic heterocycles. The molecule has 1 aliphatic rings. The third kappa shape index (κ3) is 4.30. The summed E-state index contributed by atoms with van der Waals surface area (Å²) in [6, 6.07) is 21.3. The molecule has 0 saturated carbocycles. The van der Waals surface area contributed by atoms with Gasteiger partial charge in [0.1, 0.15) is 0 Å². The van der Waals surface area contributed by atoms with Gasteiger partial charge in [0.25, 0.3) is 11.8 Å². The van der Waals surface area contributed by atoms with Crippen molar-refractivity contribution in [2.45, 2.75) is 19.4 Å². The van der Waals surface area contributed by atoms with Gasteiger partial charge in [-0.15, -0.1) is 0 Å². The zero-order valence-electron chi connectivity index (χ0n) is 16.9. The SMILES string of the molecule is C[C@@H](NC(=O)c1ccc(C#N)cc1)c1ccc2c(c1)CCN2C(=O)c1cccc(Cl)c1. The van der Waals surface area contributed by atoms with Crippen LogP contribution in [0.25, 0.3) is 0 Å². The molecule has 1 heterocycles. The van der Waals surface area contributed by atoms with Gasteiger partial charge in [-0.1, -0.05) is 29.8 Å². The first-order chi connectivity index (χ1) is 15.0. The van der Waals surface area contributed by atoms with E-state index in [9.17, 15) is 9.59 Å². The Hall–Kier alpha value is -3.62. The van der Waals surface area contributed by atoms with Gasteiger partial charge < -0.3 is 10.2 Å². The molecule has 3 aromatic carbocycles. The van der Waals surface area contributed by atoms with E-state index < -0.39 is 0 Å². The Morgan fingerprint density at radius 3 is 2.55 bits per heavy atom. The van der Waals surface area contributed by atoms with Gasteiger partial charge in [-0.05, 0) is 73.0 Å². The van der Waals surface area contributed by atoms with Crippen LogP contribution in [0.4, 0.5) is 5.69 Å². The molecule has 0 bridgehead atoms. The Labute approximate surface area is 185 Å². The number of nitrogens with one attached hydrogen (secondary N) is 1. The number of rotatable bonds is 4.